The number of aryl methyl sites for hydroxylation is 1. The van der Waals surface area contributed by atoms with E-state index < -0.39 is 15.6 Å². The normalized spacial score (nSPS) is 12.6. The van der Waals surface area contributed by atoms with Crippen molar-refractivity contribution in [1.29, 1.82) is 0 Å². The molecular formula is C13H16FN3O3S. The molecule has 1 aromatic carbocycles. The summed E-state index contributed by atoms with van der Waals surface area (Å²) in [5.41, 5.74) is -0.0768. The van der Waals surface area contributed by atoms with Crippen molar-refractivity contribution in [1.82, 2.24) is 14.9 Å². The predicted molar refractivity (Wildman–Crippen MR) is 75.4 cm³/mol. The average Bonchev–Trinajstić information content (AvgIpc) is 2.79. The van der Waals surface area contributed by atoms with E-state index in [1.165, 1.54) is 6.07 Å². The van der Waals surface area contributed by atoms with Gasteiger partial charge >= 0.3 is 0 Å². The zero-order valence-corrected chi connectivity index (χ0v) is 13.0. The maximum absolute atomic E-state index is 13.6. The Morgan fingerprint density at radius 3 is 2.57 bits per heavy atom. The molecule has 21 heavy (non-hydrogen) atoms. The highest BCUT2D eigenvalue weighted by molar-refractivity contribution is 7.88. The van der Waals surface area contributed by atoms with Gasteiger partial charge in [-0.05, 0) is 32.4 Å². The Morgan fingerprint density at radius 1 is 1.33 bits per heavy atom. The fourth-order valence-corrected chi connectivity index (χ4v) is 2.85. The summed E-state index contributed by atoms with van der Waals surface area (Å²) in [7, 11) is -3.44. The van der Waals surface area contributed by atoms with Crippen LogP contribution in [0.1, 0.15) is 25.3 Å². The van der Waals surface area contributed by atoms with Gasteiger partial charge in [-0.2, -0.15) is 4.98 Å². The largest absolute Gasteiger partial charge is 0.337 e. The molecule has 0 saturated carbocycles. The van der Waals surface area contributed by atoms with Crippen molar-refractivity contribution in [3.05, 3.63) is 35.5 Å². The summed E-state index contributed by atoms with van der Waals surface area (Å²) in [6.07, 6.45) is 1.04. The molecule has 0 bridgehead atoms. The van der Waals surface area contributed by atoms with E-state index in [4.69, 9.17) is 4.52 Å². The summed E-state index contributed by atoms with van der Waals surface area (Å²) in [6.45, 7) is 4.85. The second-order valence-corrected chi connectivity index (χ2v) is 7.13. The minimum atomic E-state index is -3.44. The first-order valence-electron chi connectivity index (χ1n) is 6.18. The van der Waals surface area contributed by atoms with E-state index in [1.807, 2.05) is 0 Å². The Morgan fingerprint density at radius 2 is 2.00 bits per heavy atom. The lowest BCUT2D eigenvalue weighted by molar-refractivity contribution is 0.296. The summed E-state index contributed by atoms with van der Waals surface area (Å²) in [5, 5.41) is 3.77. The summed E-state index contributed by atoms with van der Waals surface area (Å²) in [4.78, 5) is 4.14. The second kappa shape index (κ2) is 5.19. The van der Waals surface area contributed by atoms with Gasteiger partial charge in [-0.3, -0.25) is 0 Å². The maximum atomic E-state index is 13.6. The molecule has 2 aromatic rings. The van der Waals surface area contributed by atoms with Crippen LogP contribution < -0.4 is 4.72 Å². The van der Waals surface area contributed by atoms with Crippen LogP contribution in [0.5, 0.6) is 0 Å². The molecule has 2 rings (SSSR count). The minimum Gasteiger partial charge on any atom is -0.337 e. The van der Waals surface area contributed by atoms with Gasteiger partial charge in [0.2, 0.25) is 21.7 Å². The van der Waals surface area contributed by atoms with Crippen molar-refractivity contribution in [3.63, 3.8) is 0 Å². The zero-order valence-electron chi connectivity index (χ0n) is 12.1. The number of hydrogen-bond donors (Lipinski definition) is 1. The molecule has 0 atom stereocenters. The molecule has 0 fully saturated rings. The van der Waals surface area contributed by atoms with Crippen molar-refractivity contribution in [2.75, 3.05) is 6.26 Å². The van der Waals surface area contributed by atoms with E-state index in [1.54, 1.807) is 32.9 Å². The fourth-order valence-electron chi connectivity index (χ4n) is 1.83. The SMILES string of the molecule is Cc1ccc(-c2noc(C(C)(C)NS(C)(=O)=O)n2)cc1F. The van der Waals surface area contributed by atoms with Gasteiger partial charge < -0.3 is 4.52 Å². The van der Waals surface area contributed by atoms with E-state index in [9.17, 15) is 12.8 Å². The minimum absolute atomic E-state index is 0.101. The Bertz CT molecular complexity index is 769. The molecule has 0 saturated heterocycles. The Labute approximate surface area is 122 Å². The number of sulfonamides is 1. The van der Waals surface area contributed by atoms with Crippen LogP contribution >= 0.6 is 0 Å². The summed E-state index contributed by atoms with van der Waals surface area (Å²) in [5.74, 6) is -0.0662. The van der Waals surface area contributed by atoms with E-state index in [0.29, 0.717) is 11.1 Å². The number of benzene rings is 1. The van der Waals surface area contributed by atoms with Crippen LogP contribution in [0.3, 0.4) is 0 Å². The number of nitrogens with one attached hydrogen (secondary N) is 1. The lowest BCUT2D eigenvalue weighted by Crippen LogP contribution is -2.40. The number of rotatable bonds is 4. The van der Waals surface area contributed by atoms with Gasteiger partial charge in [-0.1, -0.05) is 17.3 Å². The summed E-state index contributed by atoms with van der Waals surface area (Å²) in [6, 6.07) is 4.59. The van der Waals surface area contributed by atoms with E-state index >= 15 is 0 Å². The molecule has 0 amide bonds. The van der Waals surface area contributed by atoms with Crippen LogP contribution in [0.4, 0.5) is 4.39 Å². The third-order valence-corrected chi connectivity index (χ3v) is 3.71. The molecule has 0 spiro atoms. The molecule has 0 radical (unpaired) electrons. The number of hydrogen-bond acceptors (Lipinski definition) is 5. The van der Waals surface area contributed by atoms with Gasteiger partial charge in [0.1, 0.15) is 11.4 Å². The van der Waals surface area contributed by atoms with Gasteiger partial charge in [0.15, 0.2) is 0 Å². The van der Waals surface area contributed by atoms with Crippen molar-refractivity contribution in [2.24, 2.45) is 0 Å². The summed E-state index contributed by atoms with van der Waals surface area (Å²) < 4.78 is 43.7. The predicted octanol–water partition coefficient (Wildman–Crippen LogP) is 1.97. The van der Waals surface area contributed by atoms with Gasteiger partial charge in [0.25, 0.3) is 0 Å². The highest BCUT2D eigenvalue weighted by Crippen LogP contribution is 2.24. The molecule has 0 aliphatic heterocycles. The van der Waals surface area contributed by atoms with Crippen molar-refractivity contribution in [2.45, 2.75) is 26.3 Å². The van der Waals surface area contributed by atoms with Crippen molar-refractivity contribution >= 4 is 10.0 Å². The van der Waals surface area contributed by atoms with Gasteiger partial charge in [0.05, 0.1) is 6.26 Å². The van der Waals surface area contributed by atoms with Crippen molar-refractivity contribution in [3.8, 4) is 11.4 Å². The molecular weight excluding hydrogens is 297 g/mol. The van der Waals surface area contributed by atoms with Crippen LogP contribution in [0.15, 0.2) is 22.7 Å². The first kappa shape index (κ1) is 15.6. The molecule has 1 N–H and O–H groups in total. The van der Waals surface area contributed by atoms with Crippen LogP contribution in [-0.4, -0.2) is 24.8 Å². The first-order chi connectivity index (χ1) is 9.58. The molecule has 6 nitrogen and oxygen atoms in total. The molecule has 0 unspecified atom stereocenters. The van der Waals surface area contributed by atoms with Crippen LogP contribution in [0.2, 0.25) is 0 Å². The highest BCUT2D eigenvalue weighted by Gasteiger charge is 2.31. The highest BCUT2D eigenvalue weighted by atomic mass is 32.2. The third kappa shape index (κ3) is 3.64. The average molecular weight is 313 g/mol. The number of aromatic nitrogens is 2. The molecule has 114 valence electrons. The van der Waals surface area contributed by atoms with Crippen LogP contribution in [-0.2, 0) is 15.6 Å². The number of halogens is 1. The smallest absolute Gasteiger partial charge is 0.247 e. The second-order valence-electron chi connectivity index (χ2n) is 5.39. The Hall–Kier alpha value is -1.80. The zero-order chi connectivity index (χ0) is 15.8. The van der Waals surface area contributed by atoms with Crippen LogP contribution in [0, 0.1) is 12.7 Å². The van der Waals surface area contributed by atoms with E-state index in [0.717, 1.165) is 6.26 Å². The van der Waals surface area contributed by atoms with Crippen LogP contribution in [0.25, 0.3) is 11.4 Å². The molecule has 0 aliphatic rings. The van der Waals surface area contributed by atoms with Gasteiger partial charge in [0, 0.05) is 5.56 Å². The lowest BCUT2D eigenvalue weighted by atomic mass is 10.1. The summed E-state index contributed by atoms with van der Waals surface area (Å²) >= 11 is 0. The molecule has 1 heterocycles. The molecule has 8 heteroatoms. The third-order valence-electron chi connectivity index (χ3n) is 2.83. The molecule has 1 aromatic heterocycles. The topological polar surface area (TPSA) is 85.1 Å². The Kier molecular flexibility index (Phi) is 3.85. The monoisotopic (exact) mass is 313 g/mol. The van der Waals surface area contributed by atoms with E-state index in [2.05, 4.69) is 14.9 Å². The fraction of sp³-hybridized carbons (Fsp3) is 0.385. The van der Waals surface area contributed by atoms with E-state index in [-0.39, 0.29) is 17.5 Å². The van der Waals surface area contributed by atoms with Gasteiger partial charge in [-0.15, -0.1) is 0 Å². The first-order valence-corrected chi connectivity index (χ1v) is 8.07. The Balaban J connectivity index is 2.35. The maximum Gasteiger partial charge on any atom is 0.247 e. The standard InChI is InChI=1S/C13H16FN3O3S/c1-8-5-6-9(7-10(8)14)11-15-12(20-16-11)13(2,3)17-21(4,18)19/h5-7,17H,1-4H3. The van der Waals surface area contributed by atoms with Crippen molar-refractivity contribution < 1.29 is 17.3 Å². The van der Waals surface area contributed by atoms with Gasteiger partial charge in [-0.25, -0.2) is 17.5 Å². The number of nitrogens with zero attached hydrogens (tertiary/aromatic N) is 2. The lowest BCUT2D eigenvalue weighted by Gasteiger charge is -2.19. The quantitative estimate of drug-likeness (QED) is 0.932. The molecule has 0 aliphatic carbocycles.